The molecule has 2 aliphatic heterocycles. The third-order valence-electron chi connectivity index (χ3n) is 2.14. The predicted molar refractivity (Wildman–Crippen MR) is 51.8 cm³/mol. The molecule has 74 valence electrons. The third kappa shape index (κ3) is 1.39. The van der Waals surface area contributed by atoms with E-state index < -0.39 is 0 Å². The van der Waals surface area contributed by atoms with E-state index in [-0.39, 0.29) is 12.1 Å². The van der Waals surface area contributed by atoms with Crippen LogP contribution in [0.3, 0.4) is 0 Å². The highest BCUT2D eigenvalue weighted by Crippen LogP contribution is 2.19. The van der Waals surface area contributed by atoms with Crippen LogP contribution in [0.25, 0.3) is 0 Å². The van der Waals surface area contributed by atoms with Gasteiger partial charge in [0.25, 0.3) is 0 Å². The summed E-state index contributed by atoms with van der Waals surface area (Å²) in [5, 5.41) is 3.07. The summed E-state index contributed by atoms with van der Waals surface area (Å²) in [5.41, 5.74) is 0.638. The van der Waals surface area contributed by atoms with Crippen LogP contribution in [-0.2, 0) is 9.53 Å². The van der Waals surface area contributed by atoms with Crippen LogP contribution >= 0.6 is 0 Å². The molecule has 2 heterocycles. The Bertz CT molecular complexity index is 331. The quantitative estimate of drug-likeness (QED) is 0.654. The molecule has 0 amide bonds. The molecule has 0 unspecified atom stereocenters. The molecule has 0 bridgehead atoms. The molecule has 1 N–H and O–H groups in total. The standard InChI is InChI=1S/C10H12N2O2/c1-2-14-10(13)8-4-3-6-12-7-5-11-9(8)12/h3-7,9,11H,2H2,1H3/t9-/m1/s1. The van der Waals surface area contributed by atoms with Gasteiger partial charge in [-0.2, -0.15) is 0 Å². The fraction of sp³-hybridized carbons (Fsp3) is 0.300. The average Bonchev–Trinajstić information content (AvgIpc) is 2.65. The highest BCUT2D eigenvalue weighted by Gasteiger charge is 2.28. The van der Waals surface area contributed by atoms with Crippen molar-refractivity contribution in [2.45, 2.75) is 13.1 Å². The molecule has 4 nitrogen and oxygen atoms in total. The first-order chi connectivity index (χ1) is 6.83. The van der Waals surface area contributed by atoms with Gasteiger partial charge in [0, 0.05) is 18.6 Å². The average molecular weight is 192 g/mol. The second-order valence-electron chi connectivity index (χ2n) is 3.02. The molecular formula is C10H12N2O2. The first kappa shape index (κ1) is 8.87. The Morgan fingerprint density at radius 2 is 2.50 bits per heavy atom. The molecule has 2 aliphatic rings. The van der Waals surface area contributed by atoms with Crippen LogP contribution in [0.2, 0.25) is 0 Å². The van der Waals surface area contributed by atoms with E-state index in [1.807, 2.05) is 29.6 Å². The van der Waals surface area contributed by atoms with E-state index >= 15 is 0 Å². The summed E-state index contributed by atoms with van der Waals surface area (Å²) in [6.45, 7) is 2.20. The summed E-state index contributed by atoms with van der Waals surface area (Å²) in [5.74, 6) is -0.261. The molecule has 0 aliphatic carbocycles. The fourth-order valence-electron chi connectivity index (χ4n) is 1.51. The van der Waals surface area contributed by atoms with Crippen molar-refractivity contribution in [1.82, 2.24) is 10.2 Å². The minimum atomic E-state index is -0.261. The number of esters is 1. The molecule has 14 heavy (non-hydrogen) atoms. The second kappa shape index (κ2) is 3.57. The van der Waals surface area contributed by atoms with E-state index in [9.17, 15) is 4.79 Å². The van der Waals surface area contributed by atoms with Gasteiger partial charge in [-0.15, -0.1) is 0 Å². The van der Waals surface area contributed by atoms with Gasteiger partial charge in [0.05, 0.1) is 12.2 Å². The molecule has 2 rings (SSSR count). The molecule has 0 saturated carbocycles. The molecule has 0 aromatic rings. The molecule has 0 aromatic heterocycles. The smallest absolute Gasteiger partial charge is 0.338 e. The monoisotopic (exact) mass is 192 g/mol. The first-order valence-electron chi connectivity index (χ1n) is 4.58. The number of carbonyl (C=O) groups is 1. The molecule has 4 heteroatoms. The molecule has 1 atom stereocenters. The number of allylic oxidation sites excluding steroid dienone is 2. The van der Waals surface area contributed by atoms with Crippen molar-refractivity contribution in [3.05, 3.63) is 36.3 Å². The lowest BCUT2D eigenvalue weighted by Gasteiger charge is -2.25. The van der Waals surface area contributed by atoms with E-state index in [4.69, 9.17) is 4.74 Å². The summed E-state index contributed by atoms with van der Waals surface area (Å²) in [6, 6.07) is 0. The number of hydrogen-bond donors (Lipinski definition) is 1. The molecule has 0 spiro atoms. The van der Waals surface area contributed by atoms with Gasteiger partial charge >= 0.3 is 5.97 Å². The zero-order chi connectivity index (χ0) is 9.97. The van der Waals surface area contributed by atoms with Crippen LogP contribution in [0.1, 0.15) is 6.92 Å². The maximum atomic E-state index is 11.5. The number of hydrogen-bond acceptors (Lipinski definition) is 4. The van der Waals surface area contributed by atoms with E-state index in [0.717, 1.165) is 0 Å². The zero-order valence-electron chi connectivity index (χ0n) is 7.93. The van der Waals surface area contributed by atoms with Crippen molar-refractivity contribution in [2.24, 2.45) is 0 Å². The minimum Gasteiger partial charge on any atom is -0.463 e. The Balaban J connectivity index is 2.15. The molecule has 0 aromatic carbocycles. The van der Waals surface area contributed by atoms with Crippen LogP contribution < -0.4 is 5.32 Å². The van der Waals surface area contributed by atoms with Crippen LogP contribution in [0.15, 0.2) is 36.3 Å². The van der Waals surface area contributed by atoms with Gasteiger partial charge in [0.2, 0.25) is 0 Å². The van der Waals surface area contributed by atoms with Gasteiger partial charge in [-0.3, -0.25) is 0 Å². The van der Waals surface area contributed by atoms with Crippen molar-refractivity contribution >= 4 is 5.97 Å². The molecule has 0 saturated heterocycles. The van der Waals surface area contributed by atoms with Crippen molar-refractivity contribution in [3.63, 3.8) is 0 Å². The third-order valence-corrected chi connectivity index (χ3v) is 2.14. The van der Waals surface area contributed by atoms with Gasteiger partial charge in [-0.05, 0) is 19.1 Å². The largest absolute Gasteiger partial charge is 0.463 e. The highest BCUT2D eigenvalue weighted by atomic mass is 16.5. The summed E-state index contributed by atoms with van der Waals surface area (Å²) >= 11 is 0. The lowest BCUT2D eigenvalue weighted by molar-refractivity contribution is -0.139. The van der Waals surface area contributed by atoms with E-state index in [1.165, 1.54) is 0 Å². The SMILES string of the molecule is CCOC(=O)C1=CC=CN2C=CN[C@@H]12. The van der Waals surface area contributed by atoms with Gasteiger partial charge < -0.3 is 15.0 Å². The Hall–Kier alpha value is -1.71. The number of rotatable bonds is 2. The van der Waals surface area contributed by atoms with Gasteiger partial charge in [-0.1, -0.05) is 0 Å². The molecular weight excluding hydrogens is 180 g/mol. The Kier molecular flexibility index (Phi) is 2.26. The summed E-state index contributed by atoms with van der Waals surface area (Å²) in [4.78, 5) is 13.4. The lowest BCUT2D eigenvalue weighted by Crippen LogP contribution is -2.38. The first-order valence-corrected chi connectivity index (χ1v) is 4.58. The maximum absolute atomic E-state index is 11.5. The molecule has 0 radical (unpaired) electrons. The van der Waals surface area contributed by atoms with E-state index in [2.05, 4.69) is 5.32 Å². The highest BCUT2D eigenvalue weighted by molar-refractivity contribution is 5.90. The number of nitrogens with one attached hydrogen (secondary N) is 1. The number of ether oxygens (including phenoxy) is 1. The number of carbonyl (C=O) groups excluding carboxylic acids is 1. The summed E-state index contributed by atoms with van der Waals surface area (Å²) < 4.78 is 4.95. The van der Waals surface area contributed by atoms with E-state index in [0.29, 0.717) is 12.2 Å². The normalized spacial score (nSPS) is 22.8. The predicted octanol–water partition coefficient (Wildman–Crippen LogP) is 0.706. The van der Waals surface area contributed by atoms with Crippen LogP contribution in [0.4, 0.5) is 0 Å². The summed E-state index contributed by atoms with van der Waals surface area (Å²) in [6.07, 6.45) is 9.11. The van der Waals surface area contributed by atoms with Crippen LogP contribution in [-0.4, -0.2) is 23.6 Å². The van der Waals surface area contributed by atoms with Crippen LogP contribution in [0.5, 0.6) is 0 Å². The maximum Gasteiger partial charge on any atom is 0.338 e. The van der Waals surface area contributed by atoms with Crippen molar-refractivity contribution in [1.29, 1.82) is 0 Å². The van der Waals surface area contributed by atoms with Crippen LogP contribution in [0, 0.1) is 0 Å². The minimum absolute atomic E-state index is 0.0981. The second-order valence-corrected chi connectivity index (χ2v) is 3.02. The van der Waals surface area contributed by atoms with E-state index in [1.54, 1.807) is 13.0 Å². The Morgan fingerprint density at radius 3 is 3.29 bits per heavy atom. The van der Waals surface area contributed by atoms with Crippen molar-refractivity contribution in [2.75, 3.05) is 6.61 Å². The van der Waals surface area contributed by atoms with Gasteiger partial charge in [0.1, 0.15) is 6.17 Å². The fourth-order valence-corrected chi connectivity index (χ4v) is 1.51. The number of nitrogens with zero attached hydrogens (tertiary/aromatic N) is 1. The Labute approximate surface area is 82.5 Å². The lowest BCUT2D eigenvalue weighted by atomic mass is 10.1. The van der Waals surface area contributed by atoms with Gasteiger partial charge in [-0.25, -0.2) is 4.79 Å². The Morgan fingerprint density at radius 1 is 1.64 bits per heavy atom. The topological polar surface area (TPSA) is 41.6 Å². The molecule has 0 fully saturated rings. The van der Waals surface area contributed by atoms with Crippen molar-refractivity contribution < 1.29 is 9.53 Å². The number of fused-ring (bicyclic) bond motifs is 1. The van der Waals surface area contributed by atoms with Crippen molar-refractivity contribution in [3.8, 4) is 0 Å². The zero-order valence-corrected chi connectivity index (χ0v) is 7.93. The van der Waals surface area contributed by atoms with Gasteiger partial charge in [0.15, 0.2) is 0 Å². The summed E-state index contributed by atoms with van der Waals surface area (Å²) in [7, 11) is 0.